The Morgan fingerprint density at radius 1 is 1.36 bits per heavy atom. The number of hydrogen-bond donors (Lipinski definition) is 0. The van der Waals surface area contributed by atoms with E-state index < -0.39 is 5.97 Å². The minimum atomic E-state index is -0.537. The Balaban J connectivity index is 2.10. The van der Waals surface area contributed by atoms with Crippen LogP contribution < -0.4 is 5.56 Å². The monoisotopic (exact) mass is 360 g/mol. The molecule has 3 aromatic heterocycles. The van der Waals surface area contributed by atoms with E-state index in [1.807, 2.05) is 20.8 Å². The van der Waals surface area contributed by atoms with Crippen LogP contribution >= 0.6 is 11.3 Å². The van der Waals surface area contributed by atoms with Crippen LogP contribution in [0.1, 0.15) is 45.9 Å². The summed E-state index contributed by atoms with van der Waals surface area (Å²) in [6.07, 6.45) is 1.58. The van der Waals surface area contributed by atoms with Gasteiger partial charge in [-0.25, -0.2) is 9.78 Å². The van der Waals surface area contributed by atoms with Crippen LogP contribution in [0.15, 0.2) is 21.3 Å². The van der Waals surface area contributed by atoms with E-state index in [9.17, 15) is 9.59 Å². The van der Waals surface area contributed by atoms with Crippen molar-refractivity contribution in [1.82, 2.24) is 9.55 Å². The summed E-state index contributed by atoms with van der Waals surface area (Å²) in [5, 5.41) is 0.669. The van der Waals surface area contributed by atoms with E-state index in [0.717, 1.165) is 27.5 Å². The van der Waals surface area contributed by atoms with Crippen LogP contribution in [-0.4, -0.2) is 22.6 Å². The SMILES string of the molecule is CCCc1nc2sc(C)c(C)c2c(=O)n1Cc1ccc(C(=O)OC)o1. The van der Waals surface area contributed by atoms with E-state index in [4.69, 9.17) is 9.40 Å². The molecule has 0 radical (unpaired) electrons. The summed E-state index contributed by atoms with van der Waals surface area (Å²) < 4.78 is 11.8. The Labute approximate surface area is 149 Å². The lowest BCUT2D eigenvalue weighted by atomic mass is 10.2. The average Bonchev–Trinajstić information content (AvgIpc) is 3.16. The summed E-state index contributed by atoms with van der Waals surface area (Å²) in [5.74, 6) is 0.840. The maximum absolute atomic E-state index is 13.1. The number of carbonyl (C=O) groups excluding carboxylic acids is 1. The highest BCUT2D eigenvalue weighted by Gasteiger charge is 2.18. The zero-order chi connectivity index (χ0) is 18.1. The summed E-state index contributed by atoms with van der Waals surface area (Å²) >= 11 is 1.55. The number of aromatic nitrogens is 2. The fourth-order valence-electron chi connectivity index (χ4n) is 2.78. The summed E-state index contributed by atoms with van der Waals surface area (Å²) in [6, 6.07) is 3.24. The number of ether oxygens (including phenoxy) is 1. The zero-order valence-corrected chi connectivity index (χ0v) is 15.5. The van der Waals surface area contributed by atoms with Crippen LogP contribution in [0.5, 0.6) is 0 Å². The first kappa shape index (κ1) is 17.4. The molecule has 6 nitrogen and oxygen atoms in total. The van der Waals surface area contributed by atoms with Crippen molar-refractivity contribution in [3.05, 3.63) is 50.3 Å². The third-order valence-corrected chi connectivity index (χ3v) is 5.30. The minimum Gasteiger partial charge on any atom is -0.463 e. The molecule has 0 spiro atoms. The number of methoxy groups -OCH3 is 1. The van der Waals surface area contributed by atoms with E-state index in [0.29, 0.717) is 17.6 Å². The molecule has 0 atom stereocenters. The molecule has 0 saturated heterocycles. The summed E-state index contributed by atoms with van der Waals surface area (Å²) in [5.41, 5.74) is 0.912. The molecule has 3 rings (SSSR count). The topological polar surface area (TPSA) is 74.3 Å². The molecule has 0 fully saturated rings. The molecule has 7 heteroatoms. The molecular weight excluding hydrogens is 340 g/mol. The number of fused-ring (bicyclic) bond motifs is 1. The van der Waals surface area contributed by atoms with Crippen LogP contribution in [0.2, 0.25) is 0 Å². The number of hydrogen-bond acceptors (Lipinski definition) is 6. The number of thiophene rings is 1. The van der Waals surface area contributed by atoms with Crippen LogP contribution in [0, 0.1) is 13.8 Å². The number of nitrogens with zero attached hydrogens (tertiary/aromatic N) is 2. The lowest BCUT2D eigenvalue weighted by Crippen LogP contribution is -2.25. The first-order valence-corrected chi connectivity index (χ1v) is 8.94. The molecule has 0 bridgehead atoms. The fourth-order valence-corrected chi connectivity index (χ4v) is 3.81. The number of esters is 1. The molecular formula is C18H20N2O4S. The zero-order valence-electron chi connectivity index (χ0n) is 14.7. The molecule has 0 amide bonds. The van der Waals surface area contributed by atoms with Crippen LogP contribution in [-0.2, 0) is 17.7 Å². The Morgan fingerprint density at radius 2 is 2.12 bits per heavy atom. The third kappa shape index (κ3) is 3.11. The highest BCUT2D eigenvalue weighted by Crippen LogP contribution is 2.26. The number of rotatable bonds is 5. The highest BCUT2D eigenvalue weighted by atomic mass is 32.1. The van der Waals surface area contributed by atoms with Crippen LogP contribution in [0.3, 0.4) is 0 Å². The van der Waals surface area contributed by atoms with Crippen molar-refractivity contribution in [2.75, 3.05) is 7.11 Å². The van der Waals surface area contributed by atoms with Gasteiger partial charge in [0.15, 0.2) is 0 Å². The van der Waals surface area contributed by atoms with Gasteiger partial charge in [-0.15, -0.1) is 11.3 Å². The van der Waals surface area contributed by atoms with Crippen molar-refractivity contribution in [3.63, 3.8) is 0 Å². The van der Waals surface area contributed by atoms with Gasteiger partial charge in [0.05, 0.1) is 19.0 Å². The van der Waals surface area contributed by atoms with Gasteiger partial charge in [0.1, 0.15) is 16.4 Å². The first-order chi connectivity index (χ1) is 12.0. The number of furan rings is 1. The molecule has 0 aliphatic rings. The molecule has 0 N–H and O–H groups in total. The molecule has 0 unspecified atom stereocenters. The second kappa shape index (κ2) is 6.84. The van der Waals surface area contributed by atoms with E-state index in [1.54, 1.807) is 28.0 Å². The Morgan fingerprint density at radius 3 is 2.80 bits per heavy atom. The predicted molar refractivity (Wildman–Crippen MR) is 96.5 cm³/mol. The maximum Gasteiger partial charge on any atom is 0.373 e. The molecule has 0 saturated carbocycles. The average molecular weight is 360 g/mol. The van der Waals surface area contributed by atoms with Crippen molar-refractivity contribution >= 4 is 27.5 Å². The molecule has 0 aromatic carbocycles. The van der Waals surface area contributed by atoms with E-state index >= 15 is 0 Å². The molecule has 25 heavy (non-hydrogen) atoms. The normalized spacial score (nSPS) is 11.2. The molecule has 0 aliphatic heterocycles. The van der Waals surface area contributed by atoms with Crippen molar-refractivity contribution in [1.29, 1.82) is 0 Å². The lowest BCUT2D eigenvalue weighted by Gasteiger charge is -2.10. The van der Waals surface area contributed by atoms with Gasteiger partial charge in [-0.3, -0.25) is 9.36 Å². The van der Waals surface area contributed by atoms with E-state index in [1.165, 1.54) is 7.11 Å². The molecule has 3 heterocycles. The summed E-state index contributed by atoms with van der Waals surface area (Å²) in [6.45, 7) is 6.24. The minimum absolute atomic E-state index is 0.0636. The third-order valence-electron chi connectivity index (χ3n) is 4.20. The number of carbonyl (C=O) groups is 1. The van der Waals surface area contributed by atoms with Crippen LogP contribution in [0.4, 0.5) is 0 Å². The van der Waals surface area contributed by atoms with Crippen LogP contribution in [0.25, 0.3) is 10.2 Å². The van der Waals surface area contributed by atoms with E-state index in [2.05, 4.69) is 4.74 Å². The standard InChI is InChI=1S/C18H20N2O4S/c1-5-6-14-19-16-15(10(2)11(3)25-16)17(21)20(14)9-12-7-8-13(24-12)18(22)23-4/h7-8H,5-6,9H2,1-4H3. The van der Waals surface area contributed by atoms with Gasteiger partial charge in [-0.2, -0.15) is 0 Å². The van der Waals surface area contributed by atoms with Gasteiger partial charge in [-0.1, -0.05) is 6.92 Å². The fraction of sp³-hybridized carbons (Fsp3) is 0.389. The molecule has 132 valence electrons. The van der Waals surface area contributed by atoms with Gasteiger partial charge in [0.2, 0.25) is 5.76 Å². The van der Waals surface area contributed by atoms with E-state index in [-0.39, 0.29) is 17.9 Å². The van der Waals surface area contributed by atoms with Gasteiger partial charge < -0.3 is 9.15 Å². The van der Waals surface area contributed by atoms with Gasteiger partial charge >= 0.3 is 5.97 Å². The van der Waals surface area contributed by atoms with Crippen molar-refractivity contribution in [2.24, 2.45) is 0 Å². The second-order valence-electron chi connectivity index (χ2n) is 5.89. The van der Waals surface area contributed by atoms with Crippen molar-refractivity contribution in [3.8, 4) is 0 Å². The Hall–Kier alpha value is -2.41. The van der Waals surface area contributed by atoms with Gasteiger partial charge in [0, 0.05) is 11.3 Å². The van der Waals surface area contributed by atoms with Gasteiger partial charge in [-0.05, 0) is 38.0 Å². The predicted octanol–water partition coefficient (Wildman–Crippen LogP) is 3.46. The quantitative estimate of drug-likeness (QED) is 0.652. The Bertz CT molecular complexity index is 997. The lowest BCUT2D eigenvalue weighted by molar-refractivity contribution is 0.0563. The summed E-state index contributed by atoms with van der Waals surface area (Å²) in [7, 11) is 1.30. The first-order valence-electron chi connectivity index (χ1n) is 8.12. The largest absolute Gasteiger partial charge is 0.463 e. The Kier molecular flexibility index (Phi) is 4.76. The second-order valence-corrected chi connectivity index (χ2v) is 7.09. The highest BCUT2D eigenvalue weighted by molar-refractivity contribution is 7.18. The maximum atomic E-state index is 13.1. The van der Waals surface area contributed by atoms with Crippen molar-refractivity contribution in [2.45, 2.75) is 40.2 Å². The van der Waals surface area contributed by atoms with Gasteiger partial charge in [0.25, 0.3) is 5.56 Å². The smallest absolute Gasteiger partial charge is 0.373 e. The number of aryl methyl sites for hydroxylation is 3. The molecule has 0 aliphatic carbocycles. The summed E-state index contributed by atoms with van der Waals surface area (Å²) in [4.78, 5) is 31.2. The molecule has 3 aromatic rings. The van der Waals surface area contributed by atoms with Crippen molar-refractivity contribution < 1.29 is 13.9 Å².